The molecule has 104 valence electrons. The molecular formula is C11H10Cl3NO3S. The van der Waals surface area contributed by atoms with Gasteiger partial charge < -0.3 is 5.32 Å². The molecule has 0 radical (unpaired) electrons. The minimum absolute atomic E-state index is 0.0258. The van der Waals surface area contributed by atoms with Crippen molar-refractivity contribution in [3.8, 4) is 0 Å². The van der Waals surface area contributed by atoms with Crippen LogP contribution in [0.4, 0.5) is 0 Å². The third-order valence-electron chi connectivity index (χ3n) is 2.96. The summed E-state index contributed by atoms with van der Waals surface area (Å²) >= 11 is 11.6. The minimum atomic E-state index is -4.06. The molecule has 0 atom stereocenters. The van der Waals surface area contributed by atoms with Crippen molar-refractivity contribution in [2.45, 2.75) is 30.2 Å². The van der Waals surface area contributed by atoms with E-state index in [-0.39, 0.29) is 32.5 Å². The number of hydrogen-bond acceptors (Lipinski definition) is 3. The van der Waals surface area contributed by atoms with Crippen LogP contribution >= 0.6 is 33.9 Å². The fourth-order valence-corrected chi connectivity index (χ4v) is 3.46. The molecule has 19 heavy (non-hydrogen) atoms. The maximum atomic E-state index is 11.9. The lowest BCUT2D eigenvalue weighted by molar-refractivity contribution is 0.0917. The van der Waals surface area contributed by atoms with Crippen LogP contribution in [-0.4, -0.2) is 20.4 Å². The maximum absolute atomic E-state index is 11.9. The van der Waals surface area contributed by atoms with Crippen LogP contribution in [0, 0.1) is 0 Å². The Morgan fingerprint density at radius 1 is 1.26 bits per heavy atom. The van der Waals surface area contributed by atoms with Crippen LogP contribution in [0.25, 0.3) is 0 Å². The van der Waals surface area contributed by atoms with Gasteiger partial charge in [-0.15, -0.1) is 0 Å². The maximum Gasteiger partial charge on any atom is 0.262 e. The number of hydrogen-bond donors (Lipinski definition) is 1. The van der Waals surface area contributed by atoms with Crippen molar-refractivity contribution in [3.05, 3.63) is 27.7 Å². The average Bonchev–Trinajstić information content (AvgIpc) is 2.25. The normalized spacial score (nSPS) is 15.9. The highest BCUT2D eigenvalue weighted by Gasteiger charge is 2.23. The molecular weight excluding hydrogens is 333 g/mol. The van der Waals surface area contributed by atoms with E-state index in [1.165, 1.54) is 6.07 Å². The molecule has 1 aromatic rings. The molecule has 4 nitrogen and oxygen atoms in total. The highest BCUT2D eigenvalue weighted by Crippen LogP contribution is 2.33. The molecule has 1 aliphatic carbocycles. The highest BCUT2D eigenvalue weighted by molar-refractivity contribution is 8.13. The first-order valence-corrected chi connectivity index (χ1v) is 8.60. The van der Waals surface area contributed by atoms with E-state index in [0.717, 1.165) is 25.3 Å². The van der Waals surface area contributed by atoms with Gasteiger partial charge in [0.1, 0.15) is 4.90 Å². The van der Waals surface area contributed by atoms with Gasteiger partial charge in [0, 0.05) is 22.3 Å². The minimum Gasteiger partial charge on any atom is -0.349 e. The van der Waals surface area contributed by atoms with Crippen molar-refractivity contribution >= 4 is 48.8 Å². The quantitative estimate of drug-likeness (QED) is 0.858. The Kier molecular flexibility index (Phi) is 4.30. The third-order valence-corrected chi connectivity index (χ3v) is 5.22. The Labute approximate surface area is 125 Å². The van der Waals surface area contributed by atoms with Gasteiger partial charge in [-0.25, -0.2) is 8.42 Å². The van der Waals surface area contributed by atoms with Crippen LogP contribution < -0.4 is 5.32 Å². The predicted molar refractivity (Wildman–Crippen MR) is 74.6 cm³/mol. The second kappa shape index (κ2) is 5.48. The second-order valence-corrected chi connectivity index (χ2v) is 7.63. The summed E-state index contributed by atoms with van der Waals surface area (Å²) in [5, 5.41) is 2.57. The summed E-state index contributed by atoms with van der Waals surface area (Å²) in [4.78, 5) is 11.6. The lowest BCUT2D eigenvalue weighted by Gasteiger charge is -2.26. The first-order chi connectivity index (χ1) is 8.79. The lowest BCUT2D eigenvalue weighted by atomic mass is 9.93. The zero-order valence-corrected chi connectivity index (χ0v) is 12.7. The number of carbonyl (C=O) groups excluding carboxylic acids is 1. The van der Waals surface area contributed by atoms with Crippen molar-refractivity contribution in [1.82, 2.24) is 5.32 Å². The van der Waals surface area contributed by atoms with E-state index in [9.17, 15) is 13.2 Å². The fraction of sp³-hybridized carbons (Fsp3) is 0.364. The Morgan fingerprint density at radius 3 is 2.37 bits per heavy atom. The molecule has 0 unspecified atom stereocenters. The van der Waals surface area contributed by atoms with E-state index in [4.69, 9.17) is 33.9 Å². The van der Waals surface area contributed by atoms with Gasteiger partial charge in [-0.1, -0.05) is 23.2 Å². The molecule has 0 aliphatic heterocycles. The van der Waals surface area contributed by atoms with Crippen LogP contribution in [0.5, 0.6) is 0 Å². The van der Waals surface area contributed by atoms with Crippen molar-refractivity contribution in [2.24, 2.45) is 0 Å². The largest absolute Gasteiger partial charge is 0.349 e. The second-order valence-electron chi connectivity index (χ2n) is 4.31. The number of halogens is 3. The first-order valence-electron chi connectivity index (χ1n) is 5.53. The monoisotopic (exact) mass is 341 g/mol. The summed E-state index contributed by atoms with van der Waals surface area (Å²) in [5.41, 5.74) is 0.125. The summed E-state index contributed by atoms with van der Waals surface area (Å²) in [7, 11) is 1.20. The van der Waals surface area contributed by atoms with Gasteiger partial charge in [0.15, 0.2) is 0 Å². The molecule has 0 heterocycles. The molecule has 1 saturated carbocycles. The zero-order chi connectivity index (χ0) is 14.2. The molecule has 0 bridgehead atoms. The molecule has 1 aromatic carbocycles. The number of nitrogens with one attached hydrogen (secondary N) is 1. The van der Waals surface area contributed by atoms with E-state index in [0.29, 0.717) is 0 Å². The van der Waals surface area contributed by atoms with Crippen LogP contribution in [0.15, 0.2) is 17.0 Å². The summed E-state index contributed by atoms with van der Waals surface area (Å²) in [5.74, 6) is -0.384. The standard InChI is InChI=1S/C11H10Cl3NO3S/c12-8-4-6(11(16)15-7-2-1-3-7)5-9(10(8)13)19(14,17)18/h4-5,7H,1-3H2,(H,15,16). The topological polar surface area (TPSA) is 63.2 Å². The van der Waals surface area contributed by atoms with E-state index >= 15 is 0 Å². The van der Waals surface area contributed by atoms with Crippen molar-refractivity contribution in [1.29, 1.82) is 0 Å². The molecule has 0 spiro atoms. The number of rotatable bonds is 3. The predicted octanol–water partition coefficient (Wildman–Crippen LogP) is 3.20. The number of amides is 1. The van der Waals surface area contributed by atoms with Crippen molar-refractivity contribution < 1.29 is 13.2 Å². The smallest absolute Gasteiger partial charge is 0.262 e. The van der Waals surface area contributed by atoms with Gasteiger partial charge in [-0.2, -0.15) is 0 Å². The lowest BCUT2D eigenvalue weighted by Crippen LogP contribution is -2.39. The van der Waals surface area contributed by atoms with E-state index in [1.54, 1.807) is 0 Å². The summed E-state index contributed by atoms with van der Waals surface area (Å²) in [6.07, 6.45) is 2.93. The average molecular weight is 343 g/mol. The van der Waals surface area contributed by atoms with Crippen LogP contribution in [-0.2, 0) is 9.05 Å². The van der Waals surface area contributed by atoms with E-state index in [1.807, 2.05) is 0 Å². The van der Waals surface area contributed by atoms with Gasteiger partial charge >= 0.3 is 0 Å². The van der Waals surface area contributed by atoms with Crippen molar-refractivity contribution in [3.63, 3.8) is 0 Å². The summed E-state index contributed by atoms with van der Waals surface area (Å²) < 4.78 is 22.7. The van der Waals surface area contributed by atoms with Gasteiger partial charge in [0.2, 0.25) is 0 Å². The third kappa shape index (κ3) is 3.34. The Balaban J connectivity index is 2.36. The fourth-order valence-electron chi connectivity index (χ4n) is 1.69. The van der Waals surface area contributed by atoms with Gasteiger partial charge in [-0.3, -0.25) is 4.79 Å². The Bertz CT molecular complexity index is 626. The van der Waals surface area contributed by atoms with E-state index < -0.39 is 9.05 Å². The van der Waals surface area contributed by atoms with Gasteiger partial charge in [0.25, 0.3) is 15.0 Å². The molecule has 1 amide bonds. The van der Waals surface area contributed by atoms with Crippen molar-refractivity contribution in [2.75, 3.05) is 0 Å². The van der Waals surface area contributed by atoms with E-state index in [2.05, 4.69) is 5.32 Å². The number of carbonyl (C=O) groups is 1. The molecule has 1 N–H and O–H groups in total. The zero-order valence-electron chi connectivity index (χ0n) is 9.62. The summed E-state index contributed by atoms with van der Waals surface area (Å²) in [6, 6.07) is 2.59. The molecule has 8 heteroatoms. The Hall–Kier alpha value is -0.490. The van der Waals surface area contributed by atoms with Gasteiger partial charge in [0.05, 0.1) is 10.0 Å². The molecule has 1 fully saturated rings. The SMILES string of the molecule is O=C(NC1CCC1)c1cc(Cl)c(Cl)c(S(=O)(=O)Cl)c1. The highest BCUT2D eigenvalue weighted by atomic mass is 35.7. The molecule has 1 aliphatic rings. The molecule has 0 aromatic heterocycles. The van der Waals surface area contributed by atoms with Crippen LogP contribution in [0.2, 0.25) is 10.0 Å². The summed E-state index contributed by atoms with van der Waals surface area (Å²) in [6.45, 7) is 0. The Morgan fingerprint density at radius 2 is 1.89 bits per heavy atom. The van der Waals surface area contributed by atoms with Crippen LogP contribution in [0.1, 0.15) is 29.6 Å². The van der Waals surface area contributed by atoms with Crippen LogP contribution in [0.3, 0.4) is 0 Å². The van der Waals surface area contributed by atoms with Gasteiger partial charge in [-0.05, 0) is 31.4 Å². The molecule has 2 rings (SSSR count). The first kappa shape index (κ1) is 14.9. The number of benzene rings is 1. The molecule has 0 saturated heterocycles.